The molecule has 1 saturated heterocycles. The van der Waals surface area contributed by atoms with Crippen LogP contribution in [-0.4, -0.2) is 13.1 Å². The molecule has 0 saturated carbocycles. The van der Waals surface area contributed by atoms with E-state index < -0.39 is 11.6 Å². The molecule has 1 nitrogen and oxygen atoms in total. The summed E-state index contributed by atoms with van der Waals surface area (Å²) in [5.74, 6) is -0.969. The Bertz CT molecular complexity index is 680. The van der Waals surface area contributed by atoms with Gasteiger partial charge in [-0.05, 0) is 47.0 Å². The van der Waals surface area contributed by atoms with E-state index in [0.717, 1.165) is 24.2 Å². The average molecular weight is 352 g/mol. The number of rotatable bonds is 3. The maximum absolute atomic E-state index is 14.2. The first-order valence-corrected chi connectivity index (χ1v) is 7.71. The summed E-state index contributed by atoms with van der Waals surface area (Å²) in [7, 11) is 0. The summed E-state index contributed by atoms with van der Waals surface area (Å²) >= 11 is 3.14. The van der Waals surface area contributed by atoms with Crippen LogP contribution in [0.5, 0.6) is 0 Å². The van der Waals surface area contributed by atoms with E-state index in [0.29, 0.717) is 10.9 Å². The second kappa shape index (κ2) is 5.50. The Morgan fingerprint density at radius 3 is 2.57 bits per heavy atom. The third kappa shape index (κ3) is 2.62. The predicted octanol–water partition coefficient (Wildman–Crippen LogP) is 4.12. The quantitative estimate of drug-likeness (QED) is 0.820. The molecule has 3 rings (SSSR count). The number of aryl methyl sites for hydroxylation is 1. The van der Waals surface area contributed by atoms with Crippen molar-refractivity contribution in [2.45, 2.75) is 18.8 Å². The van der Waals surface area contributed by atoms with Gasteiger partial charge >= 0.3 is 0 Å². The molecule has 1 heterocycles. The van der Waals surface area contributed by atoms with Crippen molar-refractivity contribution in [3.63, 3.8) is 0 Å². The van der Waals surface area contributed by atoms with Gasteiger partial charge in [0, 0.05) is 24.1 Å². The molecule has 1 N–H and O–H groups in total. The van der Waals surface area contributed by atoms with Crippen molar-refractivity contribution >= 4 is 15.9 Å². The van der Waals surface area contributed by atoms with Gasteiger partial charge in [-0.3, -0.25) is 0 Å². The van der Waals surface area contributed by atoms with E-state index in [-0.39, 0.29) is 11.0 Å². The summed E-state index contributed by atoms with van der Waals surface area (Å²) in [6.45, 7) is 3.51. The fraction of sp³-hybridized carbons (Fsp3) is 0.294. The second-order valence-corrected chi connectivity index (χ2v) is 6.61. The SMILES string of the molecule is Cc1cccc(C2(Cc3c(F)ccc(Br)c3F)CNC2)c1. The van der Waals surface area contributed by atoms with Crippen molar-refractivity contribution in [3.8, 4) is 0 Å². The lowest BCUT2D eigenvalue weighted by Crippen LogP contribution is -2.58. The highest BCUT2D eigenvalue weighted by Gasteiger charge is 2.40. The first-order valence-electron chi connectivity index (χ1n) is 6.92. The highest BCUT2D eigenvalue weighted by Crippen LogP contribution is 2.35. The van der Waals surface area contributed by atoms with Crippen LogP contribution in [0.15, 0.2) is 40.9 Å². The lowest BCUT2D eigenvalue weighted by atomic mass is 9.70. The van der Waals surface area contributed by atoms with Gasteiger partial charge in [0.15, 0.2) is 0 Å². The molecular formula is C17H16BrF2N. The molecule has 1 aliphatic heterocycles. The topological polar surface area (TPSA) is 12.0 Å². The number of hydrogen-bond acceptors (Lipinski definition) is 1. The number of benzene rings is 2. The Morgan fingerprint density at radius 2 is 1.95 bits per heavy atom. The Morgan fingerprint density at radius 1 is 1.19 bits per heavy atom. The number of hydrogen-bond donors (Lipinski definition) is 1. The zero-order valence-corrected chi connectivity index (χ0v) is 13.3. The Balaban J connectivity index is 2.01. The Labute approximate surface area is 131 Å². The maximum atomic E-state index is 14.2. The molecule has 0 unspecified atom stereocenters. The maximum Gasteiger partial charge on any atom is 0.143 e. The van der Waals surface area contributed by atoms with E-state index in [1.54, 1.807) is 0 Å². The normalized spacial score (nSPS) is 16.6. The van der Waals surface area contributed by atoms with Crippen LogP contribution in [0.25, 0.3) is 0 Å². The van der Waals surface area contributed by atoms with E-state index in [1.165, 1.54) is 12.1 Å². The van der Waals surface area contributed by atoms with Crippen LogP contribution in [0.2, 0.25) is 0 Å². The molecule has 4 heteroatoms. The van der Waals surface area contributed by atoms with Gasteiger partial charge < -0.3 is 5.32 Å². The van der Waals surface area contributed by atoms with Crippen LogP contribution >= 0.6 is 15.9 Å². The van der Waals surface area contributed by atoms with Gasteiger partial charge in [0.05, 0.1) is 4.47 Å². The van der Waals surface area contributed by atoms with Crippen LogP contribution in [0.1, 0.15) is 16.7 Å². The molecule has 0 aromatic heterocycles. The van der Waals surface area contributed by atoms with Crippen molar-refractivity contribution in [2.75, 3.05) is 13.1 Å². The standard InChI is InChI=1S/C17H16BrF2N/c1-11-3-2-4-12(7-11)17(9-21-10-17)8-13-15(19)6-5-14(18)16(13)20/h2-7,21H,8-10H2,1H3. The predicted molar refractivity (Wildman–Crippen MR) is 83.5 cm³/mol. The average Bonchev–Trinajstić information content (AvgIpc) is 2.42. The summed E-state index contributed by atoms with van der Waals surface area (Å²) in [5, 5.41) is 3.24. The summed E-state index contributed by atoms with van der Waals surface area (Å²) in [6.07, 6.45) is 0.362. The van der Waals surface area contributed by atoms with Crippen molar-refractivity contribution in [1.29, 1.82) is 0 Å². The molecule has 2 aromatic carbocycles. The molecule has 0 atom stereocenters. The summed E-state index contributed by atoms with van der Waals surface area (Å²) in [6, 6.07) is 10.9. The fourth-order valence-electron chi connectivity index (χ4n) is 2.90. The number of nitrogens with one attached hydrogen (secondary N) is 1. The lowest BCUT2D eigenvalue weighted by molar-refractivity contribution is 0.268. The highest BCUT2D eigenvalue weighted by atomic mass is 79.9. The first kappa shape index (κ1) is 14.7. The fourth-order valence-corrected chi connectivity index (χ4v) is 3.27. The van der Waals surface area contributed by atoms with E-state index >= 15 is 0 Å². The molecule has 0 bridgehead atoms. The molecule has 0 aliphatic carbocycles. The molecule has 110 valence electrons. The van der Waals surface area contributed by atoms with E-state index in [2.05, 4.69) is 27.3 Å². The smallest absolute Gasteiger partial charge is 0.143 e. The molecule has 1 aliphatic rings. The largest absolute Gasteiger partial charge is 0.315 e. The minimum atomic E-state index is -0.492. The zero-order valence-electron chi connectivity index (χ0n) is 11.7. The minimum Gasteiger partial charge on any atom is -0.315 e. The van der Waals surface area contributed by atoms with Crippen LogP contribution in [0.4, 0.5) is 8.78 Å². The van der Waals surface area contributed by atoms with Gasteiger partial charge in [-0.2, -0.15) is 0 Å². The van der Waals surface area contributed by atoms with Gasteiger partial charge in [0.1, 0.15) is 11.6 Å². The Kier molecular flexibility index (Phi) is 3.84. The molecule has 0 radical (unpaired) electrons. The van der Waals surface area contributed by atoms with Gasteiger partial charge in [-0.15, -0.1) is 0 Å². The molecule has 1 fully saturated rings. The molecular weight excluding hydrogens is 336 g/mol. The van der Waals surface area contributed by atoms with E-state index in [4.69, 9.17) is 0 Å². The molecule has 0 spiro atoms. The van der Waals surface area contributed by atoms with Crippen LogP contribution in [-0.2, 0) is 11.8 Å². The minimum absolute atomic E-state index is 0.160. The highest BCUT2D eigenvalue weighted by molar-refractivity contribution is 9.10. The van der Waals surface area contributed by atoms with Crippen molar-refractivity contribution in [2.24, 2.45) is 0 Å². The van der Waals surface area contributed by atoms with Crippen LogP contribution in [0.3, 0.4) is 0 Å². The first-order chi connectivity index (χ1) is 10.0. The molecule has 21 heavy (non-hydrogen) atoms. The Hall–Kier alpha value is -1.26. The lowest BCUT2D eigenvalue weighted by Gasteiger charge is -2.43. The van der Waals surface area contributed by atoms with Crippen LogP contribution in [0, 0.1) is 18.6 Å². The monoisotopic (exact) mass is 351 g/mol. The summed E-state index contributed by atoms with van der Waals surface area (Å²) in [5.41, 5.74) is 2.23. The van der Waals surface area contributed by atoms with Crippen molar-refractivity contribution < 1.29 is 8.78 Å². The van der Waals surface area contributed by atoms with Gasteiger partial charge in [-0.1, -0.05) is 29.8 Å². The third-order valence-electron chi connectivity index (χ3n) is 4.21. The summed E-state index contributed by atoms with van der Waals surface area (Å²) in [4.78, 5) is 0. The zero-order chi connectivity index (χ0) is 15.0. The van der Waals surface area contributed by atoms with Gasteiger partial charge in [-0.25, -0.2) is 8.78 Å². The van der Waals surface area contributed by atoms with Crippen molar-refractivity contribution in [3.05, 3.63) is 69.2 Å². The second-order valence-electron chi connectivity index (χ2n) is 5.75. The van der Waals surface area contributed by atoms with E-state index in [1.807, 2.05) is 25.1 Å². The molecule has 0 amide bonds. The van der Waals surface area contributed by atoms with E-state index in [9.17, 15) is 8.78 Å². The molecule has 2 aromatic rings. The van der Waals surface area contributed by atoms with Crippen LogP contribution < -0.4 is 5.32 Å². The number of halogens is 3. The van der Waals surface area contributed by atoms with Gasteiger partial charge in [0.25, 0.3) is 0 Å². The van der Waals surface area contributed by atoms with Gasteiger partial charge in [0.2, 0.25) is 0 Å². The summed E-state index contributed by atoms with van der Waals surface area (Å²) < 4.78 is 28.6. The van der Waals surface area contributed by atoms with Crippen molar-refractivity contribution in [1.82, 2.24) is 5.32 Å². The third-order valence-corrected chi connectivity index (χ3v) is 4.82.